The molecule has 1 aliphatic carbocycles. The van der Waals surface area contributed by atoms with Crippen molar-refractivity contribution < 1.29 is 27.3 Å². The minimum absolute atomic E-state index is 0.0173. The predicted octanol–water partition coefficient (Wildman–Crippen LogP) is 2.90. The lowest BCUT2D eigenvalue weighted by molar-refractivity contribution is -0.137. The molecule has 0 bridgehead atoms. The van der Waals surface area contributed by atoms with Crippen molar-refractivity contribution in [3.8, 4) is 0 Å². The van der Waals surface area contributed by atoms with Crippen molar-refractivity contribution in [1.82, 2.24) is 5.32 Å². The number of hydrogen-bond donors (Lipinski definition) is 1. The molecule has 1 aliphatic heterocycles. The number of halogens is 3. The summed E-state index contributed by atoms with van der Waals surface area (Å²) >= 11 is 0. The molecule has 1 saturated heterocycles. The lowest BCUT2D eigenvalue weighted by Gasteiger charge is -2.32. The molecule has 0 unspecified atom stereocenters. The molecular formula is C17H21BF3NO3. The van der Waals surface area contributed by atoms with Gasteiger partial charge in [-0.05, 0) is 58.1 Å². The molecule has 1 amide bonds. The van der Waals surface area contributed by atoms with Crippen LogP contribution >= 0.6 is 0 Å². The van der Waals surface area contributed by atoms with Gasteiger partial charge in [-0.15, -0.1) is 0 Å². The second-order valence-corrected chi connectivity index (χ2v) is 7.64. The van der Waals surface area contributed by atoms with E-state index in [1.165, 1.54) is 12.1 Å². The van der Waals surface area contributed by atoms with Gasteiger partial charge in [-0.1, -0.05) is 6.07 Å². The smallest absolute Gasteiger partial charge is 0.399 e. The number of rotatable bonds is 3. The highest BCUT2D eigenvalue weighted by Gasteiger charge is 2.52. The van der Waals surface area contributed by atoms with Crippen LogP contribution in [0.3, 0.4) is 0 Å². The van der Waals surface area contributed by atoms with Gasteiger partial charge in [0.1, 0.15) is 0 Å². The first-order valence-corrected chi connectivity index (χ1v) is 8.28. The van der Waals surface area contributed by atoms with E-state index < -0.39 is 36.0 Å². The maximum absolute atomic E-state index is 13.5. The van der Waals surface area contributed by atoms with Gasteiger partial charge in [-0.3, -0.25) is 4.79 Å². The third-order valence-corrected chi connectivity index (χ3v) is 5.03. The SMILES string of the molecule is CC1(C)OB(c2ccc(C(=O)NC3CC3)c(C(F)(F)F)c2)OC1(C)C. The van der Waals surface area contributed by atoms with Crippen LogP contribution in [0.2, 0.25) is 0 Å². The fourth-order valence-electron chi connectivity index (χ4n) is 2.61. The van der Waals surface area contributed by atoms with Crippen molar-refractivity contribution in [2.45, 2.75) is 64.0 Å². The number of nitrogens with one attached hydrogen (secondary N) is 1. The fraction of sp³-hybridized carbons (Fsp3) is 0.588. The van der Waals surface area contributed by atoms with E-state index in [1.54, 1.807) is 0 Å². The highest BCUT2D eigenvalue weighted by Crippen LogP contribution is 2.37. The second kappa shape index (κ2) is 5.74. The molecule has 136 valence electrons. The van der Waals surface area contributed by atoms with Crippen LogP contribution in [0.1, 0.15) is 56.5 Å². The van der Waals surface area contributed by atoms with E-state index >= 15 is 0 Å². The van der Waals surface area contributed by atoms with Crippen LogP contribution in [-0.4, -0.2) is 30.3 Å². The van der Waals surface area contributed by atoms with Gasteiger partial charge in [0.15, 0.2) is 0 Å². The third kappa shape index (κ3) is 3.55. The van der Waals surface area contributed by atoms with E-state index in [0.717, 1.165) is 18.9 Å². The zero-order valence-electron chi connectivity index (χ0n) is 14.7. The summed E-state index contributed by atoms with van der Waals surface area (Å²) < 4.78 is 52.0. The standard InChI is InChI=1S/C17H21BF3NO3/c1-15(2)16(3,4)25-18(24-15)10-5-8-12(13(9-10)17(19,20)21)14(23)22-11-6-7-11/h5,8-9,11H,6-7H2,1-4H3,(H,22,23). The van der Waals surface area contributed by atoms with E-state index in [0.29, 0.717) is 0 Å². The molecule has 3 rings (SSSR count). The van der Waals surface area contributed by atoms with Crippen molar-refractivity contribution in [3.63, 3.8) is 0 Å². The van der Waals surface area contributed by atoms with Crippen LogP contribution in [0.5, 0.6) is 0 Å². The van der Waals surface area contributed by atoms with Crippen LogP contribution < -0.4 is 10.8 Å². The molecule has 1 aromatic rings. The Balaban J connectivity index is 1.93. The summed E-state index contributed by atoms with van der Waals surface area (Å²) in [5.41, 5.74) is -2.41. The summed E-state index contributed by atoms with van der Waals surface area (Å²) in [6, 6.07) is 3.58. The Labute approximate surface area is 145 Å². The van der Waals surface area contributed by atoms with Gasteiger partial charge < -0.3 is 14.6 Å². The number of benzene rings is 1. The quantitative estimate of drug-likeness (QED) is 0.849. The van der Waals surface area contributed by atoms with Gasteiger partial charge in [0, 0.05) is 6.04 Å². The van der Waals surface area contributed by atoms with Crippen LogP contribution in [0.25, 0.3) is 0 Å². The largest absolute Gasteiger partial charge is 0.494 e. The molecule has 1 saturated carbocycles. The molecule has 1 N–H and O–H groups in total. The van der Waals surface area contributed by atoms with Gasteiger partial charge in [-0.25, -0.2) is 0 Å². The van der Waals surface area contributed by atoms with E-state index in [1.807, 2.05) is 27.7 Å². The first-order valence-electron chi connectivity index (χ1n) is 8.28. The molecule has 0 atom stereocenters. The molecule has 25 heavy (non-hydrogen) atoms. The van der Waals surface area contributed by atoms with Gasteiger partial charge in [0.25, 0.3) is 5.91 Å². The van der Waals surface area contributed by atoms with Crippen LogP contribution in [0.15, 0.2) is 18.2 Å². The molecule has 0 spiro atoms. The molecule has 1 heterocycles. The minimum atomic E-state index is -4.64. The molecule has 4 nitrogen and oxygen atoms in total. The van der Waals surface area contributed by atoms with Crippen molar-refractivity contribution in [2.75, 3.05) is 0 Å². The highest BCUT2D eigenvalue weighted by atomic mass is 19.4. The lowest BCUT2D eigenvalue weighted by Crippen LogP contribution is -2.41. The van der Waals surface area contributed by atoms with Gasteiger partial charge >= 0.3 is 13.3 Å². The van der Waals surface area contributed by atoms with E-state index in [2.05, 4.69) is 5.32 Å². The first kappa shape index (κ1) is 18.3. The summed E-state index contributed by atoms with van der Waals surface area (Å²) in [5.74, 6) is -0.699. The molecule has 0 aromatic heterocycles. The Kier molecular flexibility index (Phi) is 4.19. The van der Waals surface area contributed by atoms with E-state index in [4.69, 9.17) is 9.31 Å². The summed E-state index contributed by atoms with van der Waals surface area (Å²) in [4.78, 5) is 12.1. The van der Waals surface area contributed by atoms with Gasteiger partial charge in [0.2, 0.25) is 0 Å². The highest BCUT2D eigenvalue weighted by molar-refractivity contribution is 6.62. The number of alkyl halides is 3. The number of hydrogen-bond acceptors (Lipinski definition) is 3. The predicted molar refractivity (Wildman–Crippen MR) is 87.6 cm³/mol. The average molecular weight is 355 g/mol. The van der Waals surface area contributed by atoms with Crippen LogP contribution in [0, 0.1) is 0 Å². The molecule has 2 aliphatic rings. The molecule has 8 heteroatoms. The topological polar surface area (TPSA) is 47.6 Å². The number of carbonyl (C=O) groups is 1. The van der Waals surface area contributed by atoms with Gasteiger partial charge in [-0.2, -0.15) is 13.2 Å². The van der Waals surface area contributed by atoms with E-state index in [9.17, 15) is 18.0 Å². The normalized spacial score (nSPS) is 22.1. The number of carbonyl (C=O) groups excluding carboxylic acids is 1. The molecule has 1 aromatic carbocycles. The summed E-state index contributed by atoms with van der Waals surface area (Å²) in [6.07, 6.45) is -3.03. The first-order chi connectivity index (χ1) is 11.4. The second-order valence-electron chi connectivity index (χ2n) is 7.64. The van der Waals surface area contributed by atoms with Crippen molar-refractivity contribution in [3.05, 3.63) is 29.3 Å². The zero-order chi connectivity index (χ0) is 18.6. The van der Waals surface area contributed by atoms with Crippen LogP contribution in [0.4, 0.5) is 13.2 Å². The van der Waals surface area contributed by atoms with Crippen molar-refractivity contribution in [1.29, 1.82) is 0 Å². The third-order valence-electron chi connectivity index (χ3n) is 5.03. The Morgan fingerprint density at radius 2 is 1.72 bits per heavy atom. The van der Waals surface area contributed by atoms with Crippen LogP contribution in [-0.2, 0) is 15.5 Å². The average Bonchev–Trinajstić information content (AvgIpc) is 3.24. The molecule has 2 fully saturated rings. The number of amides is 1. The Hall–Kier alpha value is -1.54. The monoisotopic (exact) mass is 355 g/mol. The lowest BCUT2D eigenvalue weighted by atomic mass is 9.77. The van der Waals surface area contributed by atoms with E-state index in [-0.39, 0.29) is 17.1 Å². The summed E-state index contributed by atoms with van der Waals surface area (Å²) in [7, 11) is -0.911. The zero-order valence-corrected chi connectivity index (χ0v) is 14.7. The maximum Gasteiger partial charge on any atom is 0.494 e. The van der Waals surface area contributed by atoms with Crippen molar-refractivity contribution in [2.24, 2.45) is 0 Å². The Bertz CT molecular complexity index is 683. The fourth-order valence-corrected chi connectivity index (χ4v) is 2.61. The van der Waals surface area contributed by atoms with Gasteiger partial charge in [0.05, 0.1) is 22.3 Å². The molecule has 0 radical (unpaired) electrons. The Morgan fingerprint density at radius 3 is 2.20 bits per heavy atom. The Morgan fingerprint density at radius 1 is 1.16 bits per heavy atom. The van der Waals surface area contributed by atoms with Crippen molar-refractivity contribution >= 4 is 18.5 Å². The molecular weight excluding hydrogens is 334 g/mol. The summed E-state index contributed by atoms with van der Waals surface area (Å²) in [5, 5.41) is 2.60. The summed E-state index contributed by atoms with van der Waals surface area (Å²) in [6.45, 7) is 7.31. The minimum Gasteiger partial charge on any atom is -0.399 e. The maximum atomic E-state index is 13.5.